The van der Waals surface area contributed by atoms with Gasteiger partial charge in [0.1, 0.15) is 10.9 Å². The first-order valence-corrected chi connectivity index (χ1v) is 13.7. The molecule has 0 spiro atoms. The maximum Gasteiger partial charge on any atom is 0.245 e. The van der Waals surface area contributed by atoms with Crippen molar-refractivity contribution in [3.8, 4) is 22.5 Å². The lowest BCUT2D eigenvalue weighted by Gasteiger charge is -2.28. The van der Waals surface area contributed by atoms with Crippen LogP contribution in [0.15, 0.2) is 72.8 Å². The number of amides is 1. The first-order chi connectivity index (χ1) is 18.1. The van der Waals surface area contributed by atoms with Crippen LogP contribution in [-0.4, -0.2) is 45.9 Å². The molecular formula is C27H29N7O3S. The van der Waals surface area contributed by atoms with Gasteiger partial charge in [-0.2, -0.15) is 5.21 Å². The Labute approximate surface area is 221 Å². The minimum atomic E-state index is -3.93. The number of fused-ring (bicyclic) bond motifs is 1. The molecule has 0 aliphatic carbocycles. The van der Waals surface area contributed by atoms with E-state index in [1.807, 2.05) is 72.8 Å². The van der Waals surface area contributed by atoms with Crippen molar-refractivity contribution in [2.24, 2.45) is 5.73 Å². The van der Waals surface area contributed by atoms with Crippen LogP contribution in [0.4, 0.5) is 5.69 Å². The molecule has 10 nitrogen and oxygen atoms in total. The van der Waals surface area contributed by atoms with Gasteiger partial charge >= 0.3 is 0 Å². The summed E-state index contributed by atoms with van der Waals surface area (Å²) in [5, 5.41) is 14.4. The van der Waals surface area contributed by atoms with E-state index in [9.17, 15) is 13.2 Å². The summed E-state index contributed by atoms with van der Waals surface area (Å²) < 4.78 is 28.1. The highest BCUT2D eigenvalue weighted by Gasteiger charge is 2.37. The van der Waals surface area contributed by atoms with Crippen LogP contribution in [0.5, 0.6) is 0 Å². The number of nitrogens with one attached hydrogen (secondary N) is 2. The van der Waals surface area contributed by atoms with E-state index in [2.05, 4.69) is 25.3 Å². The van der Waals surface area contributed by atoms with Crippen LogP contribution in [0.1, 0.15) is 31.4 Å². The number of aromatic nitrogens is 4. The van der Waals surface area contributed by atoms with Gasteiger partial charge in [0.25, 0.3) is 0 Å². The Morgan fingerprint density at radius 3 is 2.39 bits per heavy atom. The van der Waals surface area contributed by atoms with Crippen LogP contribution in [-0.2, 0) is 27.8 Å². The molecule has 0 saturated heterocycles. The molecule has 4 aromatic rings. The number of sulfonamides is 1. The molecule has 0 bridgehead atoms. The molecule has 38 heavy (non-hydrogen) atoms. The quantitative estimate of drug-likeness (QED) is 0.332. The standard InChI is InChI=1S/C27H29N7O3S/c1-27(2,28)38(36,37)31-23-16-15-20-7-3-6-10-24(20)34(26(23)35)17-18-11-13-19(14-12-18)21-8-4-5-9-22(21)25-29-32-33-30-25/h3-14,23,31H,15-17,28H2,1-2H3,(H,29,30,32,33). The zero-order chi connectivity index (χ0) is 26.9. The largest absolute Gasteiger partial charge is 0.312 e. The molecule has 3 aromatic carbocycles. The van der Waals surface area contributed by atoms with E-state index in [1.165, 1.54) is 13.8 Å². The third-order valence-corrected chi connectivity index (χ3v) is 8.64. The Balaban J connectivity index is 1.44. The topological polar surface area (TPSA) is 147 Å². The molecule has 4 N–H and O–H groups in total. The average molecular weight is 532 g/mol. The van der Waals surface area contributed by atoms with E-state index >= 15 is 0 Å². The zero-order valence-corrected chi connectivity index (χ0v) is 21.9. The molecule has 0 radical (unpaired) electrons. The molecule has 1 aliphatic rings. The van der Waals surface area contributed by atoms with Crippen molar-refractivity contribution in [2.75, 3.05) is 4.90 Å². The number of nitrogens with zero attached hydrogens (tertiary/aromatic N) is 4. The molecule has 1 aliphatic heterocycles. The fraction of sp³-hybridized carbons (Fsp3) is 0.259. The van der Waals surface area contributed by atoms with Crippen molar-refractivity contribution >= 4 is 21.6 Å². The van der Waals surface area contributed by atoms with Gasteiger partial charge in [0.05, 0.1) is 6.54 Å². The third-order valence-electron chi connectivity index (χ3n) is 6.66. The van der Waals surface area contributed by atoms with Gasteiger partial charge < -0.3 is 10.6 Å². The lowest BCUT2D eigenvalue weighted by molar-refractivity contribution is -0.120. The first-order valence-electron chi connectivity index (χ1n) is 12.3. The summed E-state index contributed by atoms with van der Waals surface area (Å²) in [6.45, 7) is 3.09. The van der Waals surface area contributed by atoms with Crippen LogP contribution in [0, 0.1) is 0 Å². The normalized spacial score (nSPS) is 16.2. The first kappa shape index (κ1) is 25.7. The maximum atomic E-state index is 13.7. The van der Waals surface area contributed by atoms with E-state index < -0.39 is 20.9 Å². The van der Waals surface area contributed by atoms with Gasteiger partial charge in [0, 0.05) is 11.3 Å². The second kappa shape index (κ2) is 10.1. The van der Waals surface area contributed by atoms with Gasteiger partial charge in [-0.15, -0.1) is 10.2 Å². The van der Waals surface area contributed by atoms with Gasteiger partial charge in [-0.05, 0) is 60.2 Å². The van der Waals surface area contributed by atoms with E-state index in [0.717, 1.165) is 33.5 Å². The summed E-state index contributed by atoms with van der Waals surface area (Å²) in [5.74, 6) is 0.194. The molecule has 1 aromatic heterocycles. The Kier molecular flexibility index (Phi) is 6.82. The zero-order valence-electron chi connectivity index (χ0n) is 21.1. The summed E-state index contributed by atoms with van der Waals surface area (Å²) in [6, 6.07) is 22.4. The Bertz CT molecular complexity index is 1550. The second-order valence-electron chi connectivity index (χ2n) is 9.85. The molecule has 11 heteroatoms. The van der Waals surface area contributed by atoms with Gasteiger partial charge in [-0.3, -0.25) is 4.79 Å². The van der Waals surface area contributed by atoms with Crippen molar-refractivity contribution < 1.29 is 13.2 Å². The molecule has 0 saturated carbocycles. The molecule has 0 fully saturated rings. The number of rotatable bonds is 7. The van der Waals surface area contributed by atoms with Gasteiger partial charge in [0.15, 0.2) is 0 Å². The number of carbonyl (C=O) groups is 1. The number of benzene rings is 3. The van der Waals surface area contributed by atoms with Crippen LogP contribution in [0.2, 0.25) is 0 Å². The number of para-hydroxylation sites is 1. The van der Waals surface area contributed by atoms with Crippen molar-refractivity contribution in [1.82, 2.24) is 25.3 Å². The predicted molar refractivity (Wildman–Crippen MR) is 145 cm³/mol. The van der Waals surface area contributed by atoms with E-state index in [-0.39, 0.29) is 12.5 Å². The SMILES string of the molecule is CC(C)(N)S(=O)(=O)NC1CCc2ccccc2N(Cc2ccc(-c3ccccc3-c3nn[nH]n3)cc2)C1=O. The Morgan fingerprint density at radius 1 is 1.03 bits per heavy atom. The number of H-pyrrole nitrogens is 1. The number of hydrogen-bond acceptors (Lipinski definition) is 7. The number of aryl methyl sites for hydroxylation is 1. The Hall–Kier alpha value is -3.93. The molecule has 1 amide bonds. The van der Waals surface area contributed by atoms with Crippen molar-refractivity contribution in [2.45, 2.75) is 44.1 Å². The van der Waals surface area contributed by atoms with Crippen molar-refractivity contribution in [3.63, 3.8) is 0 Å². The molecular weight excluding hydrogens is 502 g/mol. The van der Waals surface area contributed by atoms with Crippen LogP contribution in [0.3, 0.4) is 0 Å². The number of carbonyl (C=O) groups excluding carboxylic acids is 1. The van der Waals surface area contributed by atoms with Gasteiger partial charge in [0.2, 0.25) is 21.8 Å². The second-order valence-corrected chi connectivity index (χ2v) is 12.1. The minimum Gasteiger partial charge on any atom is -0.312 e. The molecule has 5 rings (SSSR count). The Morgan fingerprint density at radius 2 is 1.71 bits per heavy atom. The van der Waals surface area contributed by atoms with Gasteiger partial charge in [-0.1, -0.05) is 66.7 Å². The lowest BCUT2D eigenvalue weighted by atomic mass is 9.98. The number of hydrogen-bond donors (Lipinski definition) is 3. The predicted octanol–water partition coefficient (Wildman–Crippen LogP) is 3.00. The average Bonchev–Trinajstić information content (AvgIpc) is 3.40. The van der Waals surface area contributed by atoms with E-state index in [0.29, 0.717) is 18.7 Å². The maximum absolute atomic E-state index is 13.7. The summed E-state index contributed by atoms with van der Waals surface area (Å²) in [6.07, 6.45) is 0.899. The van der Waals surface area contributed by atoms with Crippen LogP contribution >= 0.6 is 0 Å². The summed E-state index contributed by atoms with van der Waals surface area (Å²) in [5.41, 5.74) is 11.3. The smallest absolute Gasteiger partial charge is 0.245 e. The molecule has 2 heterocycles. The summed E-state index contributed by atoms with van der Waals surface area (Å²) in [7, 11) is -3.93. The van der Waals surface area contributed by atoms with Crippen molar-refractivity contribution in [3.05, 3.63) is 83.9 Å². The fourth-order valence-corrected chi connectivity index (χ4v) is 5.40. The number of tetrazole rings is 1. The lowest BCUT2D eigenvalue weighted by Crippen LogP contribution is -2.55. The van der Waals surface area contributed by atoms with E-state index in [4.69, 9.17) is 5.73 Å². The number of nitrogens with two attached hydrogens (primary N) is 1. The number of aromatic amines is 1. The summed E-state index contributed by atoms with van der Waals surface area (Å²) in [4.78, 5) is 13.8. The highest BCUT2D eigenvalue weighted by atomic mass is 32.2. The van der Waals surface area contributed by atoms with Gasteiger partial charge in [-0.25, -0.2) is 13.1 Å². The highest BCUT2D eigenvalue weighted by molar-refractivity contribution is 7.90. The van der Waals surface area contributed by atoms with Crippen LogP contribution < -0.4 is 15.4 Å². The van der Waals surface area contributed by atoms with Crippen molar-refractivity contribution in [1.29, 1.82) is 0 Å². The number of anilines is 1. The summed E-state index contributed by atoms with van der Waals surface area (Å²) >= 11 is 0. The van der Waals surface area contributed by atoms with E-state index in [1.54, 1.807) is 4.90 Å². The fourth-order valence-electron chi connectivity index (χ4n) is 4.51. The minimum absolute atomic E-state index is 0.285. The van der Waals surface area contributed by atoms with Crippen LogP contribution in [0.25, 0.3) is 22.5 Å². The highest BCUT2D eigenvalue weighted by Crippen LogP contribution is 2.32. The molecule has 1 unspecified atom stereocenters. The third kappa shape index (κ3) is 5.08. The molecule has 1 atom stereocenters. The molecule has 196 valence electrons. The monoisotopic (exact) mass is 531 g/mol.